The van der Waals surface area contributed by atoms with Crippen LogP contribution in [0.15, 0.2) is 218 Å². The molecule has 0 unspecified atom stereocenters. The van der Waals surface area contributed by atoms with Crippen molar-refractivity contribution in [3.05, 3.63) is 296 Å². The van der Waals surface area contributed by atoms with Gasteiger partial charge in [-0.2, -0.15) is 0 Å². The highest BCUT2D eigenvalue weighted by molar-refractivity contribution is 5.88. The van der Waals surface area contributed by atoms with Crippen LogP contribution in [0.5, 0.6) is 0 Å². The lowest BCUT2D eigenvalue weighted by molar-refractivity contribution is 0.397. The standard InChI is InChI=1S/C55H48N2.C31H46/c1-37-7-21-45(22-8-37)56(46-23-9-38(2)10-24-46)49-29-17-43(18-30-49)55(53-35-41(5)15-33-51(53)52-34-16-42(6)36-54(52)55)44-19-31-50(32-20-44)57(47-25-11-39(3)12-26-47)48-27-13-40(4)14-28-48;1-5-7-9-11-13-15-21-31(22-16-14-12-10-8-6-2)29-23-25(3)17-19-27(29)28-20-18-26(4)24-30(28)31/h7-36H,1-6H3;17-20,23-24H,5-16,21-22H2,1-4H3. The highest BCUT2D eigenvalue weighted by atomic mass is 15.1. The zero-order valence-corrected chi connectivity index (χ0v) is 54.6. The molecule has 2 aliphatic rings. The molecule has 0 heterocycles. The Labute approximate surface area is 529 Å². The molecule has 0 amide bonds. The van der Waals surface area contributed by atoms with E-state index in [0.29, 0.717) is 0 Å². The molecule has 0 bridgehead atoms. The first-order valence-electron chi connectivity index (χ1n) is 33.3. The van der Waals surface area contributed by atoms with E-state index in [9.17, 15) is 0 Å². The Morgan fingerprint density at radius 2 is 0.466 bits per heavy atom. The maximum Gasteiger partial charge on any atom is 0.0713 e. The monoisotopic (exact) mass is 1150 g/mol. The number of nitrogens with zero attached hydrogens (tertiary/aromatic N) is 2. The second-order valence-electron chi connectivity index (χ2n) is 26.2. The second kappa shape index (κ2) is 27.5. The average Bonchev–Trinajstić information content (AvgIpc) is 1.78. The molecule has 0 spiro atoms. The van der Waals surface area contributed by atoms with E-state index in [1.165, 1.54) is 179 Å². The average molecular weight is 1160 g/mol. The van der Waals surface area contributed by atoms with Gasteiger partial charge in [0.15, 0.2) is 0 Å². The van der Waals surface area contributed by atoms with Gasteiger partial charge >= 0.3 is 0 Å². The summed E-state index contributed by atoms with van der Waals surface area (Å²) in [7, 11) is 0. The largest absolute Gasteiger partial charge is 0.311 e. The zero-order chi connectivity index (χ0) is 61.4. The van der Waals surface area contributed by atoms with Gasteiger partial charge in [-0.25, -0.2) is 0 Å². The molecule has 0 saturated carbocycles. The minimum absolute atomic E-state index is 0.234. The first-order chi connectivity index (χ1) is 42.8. The van der Waals surface area contributed by atoms with Crippen LogP contribution in [-0.2, 0) is 10.8 Å². The minimum atomic E-state index is -0.531. The molecule has 0 aliphatic heterocycles. The molecule has 0 radical (unpaired) electrons. The Hall–Kier alpha value is -8.20. The molecule has 0 aromatic heterocycles. The zero-order valence-electron chi connectivity index (χ0n) is 54.6. The number of unbranched alkanes of at least 4 members (excludes halogenated alkanes) is 10. The third kappa shape index (κ3) is 12.7. The summed E-state index contributed by atoms with van der Waals surface area (Å²) in [6.45, 7) is 22.2. The Morgan fingerprint density at radius 3 is 0.750 bits per heavy atom. The van der Waals surface area contributed by atoms with Gasteiger partial charge in [-0.15, -0.1) is 0 Å². The molecule has 10 aromatic carbocycles. The Balaban J connectivity index is 0.000000219. The van der Waals surface area contributed by atoms with Gasteiger partial charge in [-0.3, -0.25) is 0 Å². The molecule has 0 atom stereocenters. The molecule has 10 aromatic rings. The van der Waals surface area contributed by atoms with Gasteiger partial charge in [0.1, 0.15) is 0 Å². The number of hydrogen-bond acceptors (Lipinski definition) is 2. The van der Waals surface area contributed by atoms with E-state index in [4.69, 9.17) is 0 Å². The lowest BCUT2D eigenvalue weighted by Gasteiger charge is -2.35. The van der Waals surface area contributed by atoms with Crippen LogP contribution >= 0.6 is 0 Å². The van der Waals surface area contributed by atoms with Crippen LogP contribution in [0.3, 0.4) is 0 Å². The van der Waals surface area contributed by atoms with Crippen molar-refractivity contribution in [3.8, 4) is 22.3 Å². The lowest BCUT2D eigenvalue weighted by atomic mass is 9.67. The third-order valence-corrected chi connectivity index (χ3v) is 19.3. The highest BCUT2D eigenvalue weighted by Gasteiger charge is 2.47. The molecule has 0 fully saturated rings. The predicted octanol–water partition coefficient (Wildman–Crippen LogP) is 24.9. The normalized spacial score (nSPS) is 13.0. The number of anilines is 6. The van der Waals surface area contributed by atoms with E-state index in [1.807, 2.05) is 0 Å². The van der Waals surface area contributed by atoms with Crippen molar-refractivity contribution in [2.24, 2.45) is 0 Å². The van der Waals surface area contributed by atoms with E-state index in [1.54, 1.807) is 11.1 Å². The first-order valence-corrected chi connectivity index (χ1v) is 33.3. The van der Waals surface area contributed by atoms with Gasteiger partial charge in [0.2, 0.25) is 0 Å². The highest BCUT2D eigenvalue weighted by Crippen LogP contribution is 2.58. The number of benzene rings is 10. The van der Waals surface area contributed by atoms with Crippen LogP contribution in [0.25, 0.3) is 22.3 Å². The van der Waals surface area contributed by atoms with Crippen LogP contribution < -0.4 is 9.80 Å². The molecular weight excluding hydrogens is 1060 g/mol. The SMILES string of the molecule is CCCCCCCCC1(CCCCCCCC)c2cc(C)ccc2-c2ccc(C)cc21.Cc1ccc(N(c2ccc(C)cc2)c2ccc(C3(c4ccc(N(c5ccc(C)cc5)c5ccc(C)cc5)cc4)c4cc(C)ccc4-c4ccc(C)cc43)cc2)cc1. The summed E-state index contributed by atoms with van der Waals surface area (Å²) in [5.74, 6) is 0. The number of aryl methyl sites for hydroxylation is 8. The maximum absolute atomic E-state index is 2.53. The van der Waals surface area contributed by atoms with Crippen molar-refractivity contribution >= 4 is 34.1 Å². The van der Waals surface area contributed by atoms with E-state index in [-0.39, 0.29) is 5.41 Å². The van der Waals surface area contributed by atoms with Crippen molar-refractivity contribution in [3.63, 3.8) is 0 Å². The fraction of sp³-hybridized carbons (Fsp3) is 0.302. The fourth-order valence-corrected chi connectivity index (χ4v) is 14.5. The summed E-state index contributed by atoms with van der Waals surface area (Å²) in [6.07, 6.45) is 19.2. The Morgan fingerprint density at radius 1 is 0.239 bits per heavy atom. The first kappa shape index (κ1) is 61.4. The molecule has 0 N–H and O–H groups in total. The van der Waals surface area contributed by atoms with Crippen molar-refractivity contribution < 1.29 is 0 Å². The molecule has 0 saturated heterocycles. The van der Waals surface area contributed by atoms with Crippen molar-refractivity contribution in [2.45, 2.75) is 170 Å². The van der Waals surface area contributed by atoms with E-state index >= 15 is 0 Å². The smallest absolute Gasteiger partial charge is 0.0713 e. The molecular formula is C86H94N2. The number of rotatable bonds is 22. The van der Waals surface area contributed by atoms with Gasteiger partial charge < -0.3 is 9.80 Å². The third-order valence-electron chi connectivity index (χ3n) is 19.3. The molecule has 2 heteroatoms. The van der Waals surface area contributed by atoms with E-state index in [2.05, 4.69) is 297 Å². The summed E-state index contributed by atoms with van der Waals surface area (Å²) in [4.78, 5) is 4.72. The topological polar surface area (TPSA) is 6.48 Å². The van der Waals surface area contributed by atoms with Gasteiger partial charge in [0, 0.05) is 39.5 Å². The summed E-state index contributed by atoms with van der Waals surface area (Å²) in [5, 5.41) is 0. The van der Waals surface area contributed by atoms with E-state index in [0.717, 1.165) is 34.1 Å². The minimum Gasteiger partial charge on any atom is -0.311 e. The lowest BCUT2D eigenvalue weighted by Crippen LogP contribution is -2.29. The van der Waals surface area contributed by atoms with Gasteiger partial charge in [-0.1, -0.05) is 281 Å². The number of hydrogen-bond donors (Lipinski definition) is 0. The predicted molar refractivity (Wildman–Crippen MR) is 380 cm³/mol. The summed E-state index contributed by atoms with van der Waals surface area (Å²) in [5.41, 5.74) is 30.8. The summed E-state index contributed by atoms with van der Waals surface area (Å²) in [6, 6.07) is 82.5. The number of fused-ring (bicyclic) bond motifs is 6. The maximum atomic E-state index is 2.53. The van der Waals surface area contributed by atoms with Gasteiger partial charge in [0.05, 0.1) is 5.41 Å². The Kier molecular flexibility index (Phi) is 19.2. The fourth-order valence-electron chi connectivity index (χ4n) is 14.5. The summed E-state index contributed by atoms with van der Waals surface area (Å²) >= 11 is 0. The molecule has 12 rings (SSSR count). The Bertz CT molecular complexity index is 3590. The quantitative estimate of drug-likeness (QED) is 0.0624. The molecule has 448 valence electrons. The molecule has 88 heavy (non-hydrogen) atoms. The molecule has 2 nitrogen and oxygen atoms in total. The second-order valence-corrected chi connectivity index (χ2v) is 26.2. The van der Waals surface area contributed by atoms with Crippen LogP contribution in [0.2, 0.25) is 0 Å². The van der Waals surface area contributed by atoms with Crippen LogP contribution in [0.1, 0.15) is 182 Å². The van der Waals surface area contributed by atoms with Crippen LogP contribution in [0.4, 0.5) is 34.1 Å². The van der Waals surface area contributed by atoms with E-state index < -0.39 is 5.41 Å². The molecule has 2 aliphatic carbocycles. The van der Waals surface area contributed by atoms with Gasteiger partial charge in [-0.05, 0) is 197 Å². The van der Waals surface area contributed by atoms with Crippen molar-refractivity contribution in [1.29, 1.82) is 0 Å². The van der Waals surface area contributed by atoms with Gasteiger partial charge in [0.25, 0.3) is 0 Å². The van der Waals surface area contributed by atoms with Crippen molar-refractivity contribution in [1.82, 2.24) is 0 Å². The summed E-state index contributed by atoms with van der Waals surface area (Å²) < 4.78 is 0. The van der Waals surface area contributed by atoms with Crippen LogP contribution in [-0.4, -0.2) is 0 Å². The van der Waals surface area contributed by atoms with Crippen LogP contribution in [0, 0.1) is 55.4 Å². The van der Waals surface area contributed by atoms with Crippen molar-refractivity contribution in [2.75, 3.05) is 9.80 Å².